The molecular formula is C13H22N4O3S. The van der Waals surface area contributed by atoms with Crippen LogP contribution in [0.25, 0.3) is 0 Å². The van der Waals surface area contributed by atoms with Crippen molar-refractivity contribution in [1.82, 2.24) is 9.88 Å². The Morgan fingerprint density at radius 2 is 2.29 bits per heavy atom. The fourth-order valence-corrected chi connectivity index (χ4v) is 3.38. The second-order valence-corrected chi connectivity index (χ2v) is 5.77. The minimum absolute atomic E-state index is 0.118. The number of ether oxygens (including phenoxy) is 1. The van der Waals surface area contributed by atoms with E-state index in [-0.39, 0.29) is 24.4 Å². The molecule has 1 fully saturated rings. The lowest BCUT2D eigenvalue weighted by Crippen LogP contribution is -2.50. The third kappa shape index (κ3) is 3.28. The Labute approximate surface area is 128 Å². The van der Waals surface area contributed by atoms with Crippen molar-refractivity contribution < 1.29 is 14.6 Å². The summed E-state index contributed by atoms with van der Waals surface area (Å²) in [6.45, 7) is 6.86. The summed E-state index contributed by atoms with van der Waals surface area (Å²) in [5.41, 5.74) is 5.91. The molecule has 8 heteroatoms. The third-order valence-electron chi connectivity index (χ3n) is 3.57. The van der Waals surface area contributed by atoms with Crippen LogP contribution in [0.2, 0.25) is 0 Å². The molecule has 0 aromatic carbocycles. The molecule has 7 nitrogen and oxygen atoms in total. The average molecular weight is 314 g/mol. The van der Waals surface area contributed by atoms with Crippen molar-refractivity contribution in [3.63, 3.8) is 0 Å². The lowest BCUT2D eigenvalue weighted by atomic mass is 10.2. The van der Waals surface area contributed by atoms with E-state index in [2.05, 4.69) is 9.88 Å². The standard InChI is InChI=1S/C13H22N4O3S/c1-3-16(4-2)13-15-11(14)10(21-13)12(19)17-5-6-20-8-9(17)7-18/h9,18H,3-8,14H2,1-2H3. The number of hydrogen-bond donors (Lipinski definition) is 2. The topological polar surface area (TPSA) is 91.9 Å². The van der Waals surface area contributed by atoms with E-state index in [1.54, 1.807) is 4.90 Å². The van der Waals surface area contributed by atoms with Gasteiger partial charge < -0.3 is 25.4 Å². The number of anilines is 2. The van der Waals surface area contributed by atoms with Gasteiger partial charge in [0, 0.05) is 19.6 Å². The van der Waals surface area contributed by atoms with Gasteiger partial charge in [0.1, 0.15) is 10.7 Å². The molecule has 1 atom stereocenters. The molecule has 118 valence electrons. The Morgan fingerprint density at radius 1 is 1.57 bits per heavy atom. The van der Waals surface area contributed by atoms with Gasteiger partial charge in [-0.15, -0.1) is 0 Å². The van der Waals surface area contributed by atoms with E-state index in [4.69, 9.17) is 10.5 Å². The van der Waals surface area contributed by atoms with E-state index >= 15 is 0 Å². The van der Waals surface area contributed by atoms with Crippen LogP contribution in [0.4, 0.5) is 10.9 Å². The third-order valence-corrected chi connectivity index (χ3v) is 4.69. The number of rotatable bonds is 5. The van der Waals surface area contributed by atoms with Crippen molar-refractivity contribution >= 4 is 28.2 Å². The zero-order valence-electron chi connectivity index (χ0n) is 12.4. The number of nitrogens with zero attached hydrogens (tertiary/aromatic N) is 3. The number of aromatic nitrogens is 1. The minimum atomic E-state index is -0.315. The molecule has 0 radical (unpaired) electrons. The van der Waals surface area contributed by atoms with Crippen LogP contribution in [0.15, 0.2) is 0 Å². The molecule has 2 rings (SSSR count). The normalized spacial score (nSPS) is 18.8. The summed E-state index contributed by atoms with van der Waals surface area (Å²) in [5, 5.41) is 10.1. The highest BCUT2D eigenvalue weighted by Gasteiger charge is 2.30. The molecule has 1 aromatic heterocycles. The maximum absolute atomic E-state index is 12.6. The second-order valence-electron chi connectivity index (χ2n) is 4.79. The van der Waals surface area contributed by atoms with E-state index in [0.29, 0.717) is 24.6 Å². The zero-order valence-corrected chi connectivity index (χ0v) is 13.2. The quantitative estimate of drug-likeness (QED) is 0.817. The first kappa shape index (κ1) is 16.0. The summed E-state index contributed by atoms with van der Waals surface area (Å²) in [6, 6.07) is -0.315. The van der Waals surface area contributed by atoms with Crippen LogP contribution >= 0.6 is 11.3 Å². The summed E-state index contributed by atoms with van der Waals surface area (Å²) < 4.78 is 5.29. The monoisotopic (exact) mass is 314 g/mol. The average Bonchev–Trinajstić information content (AvgIpc) is 2.89. The number of hydrogen-bond acceptors (Lipinski definition) is 7. The first-order valence-corrected chi connectivity index (χ1v) is 7.94. The molecule has 0 spiro atoms. The summed E-state index contributed by atoms with van der Waals surface area (Å²) in [7, 11) is 0. The molecule has 3 N–H and O–H groups in total. The van der Waals surface area contributed by atoms with Gasteiger partial charge in [-0.3, -0.25) is 4.79 Å². The Morgan fingerprint density at radius 3 is 2.90 bits per heavy atom. The molecule has 0 bridgehead atoms. The molecule has 21 heavy (non-hydrogen) atoms. The highest BCUT2D eigenvalue weighted by atomic mass is 32.1. The molecule has 2 heterocycles. The van der Waals surface area contributed by atoms with Gasteiger partial charge in [-0.1, -0.05) is 11.3 Å². The van der Waals surface area contributed by atoms with Gasteiger partial charge in [0.25, 0.3) is 5.91 Å². The molecule has 0 saturated carbocycles. The highest BCUT2D eigenvalue weighted by Crippen LogP contribution is 2.29. The van der Waals surface area contributed by atoms with Crippen molar-refractivity contribution in [2.24, 2.45) is 0 Å². The SMILES string of the molecule is CCN(CC)c1nc(N)c(C(=O)N2CCOCC2CO)s1. The first-order valence-electron chi connectivity index (χ1n) is 7.13. The molecule has 1 amide bonds. The van der Waals surface area contributed by atoms with Crippen molar-refractivity contribution in [2.45, 2.75) is 19.9 Å². The number of morpholine rings is 1. The minimum Gasteiger partial charge on any atom is -0.394 e. The van der Waals surface area contributed by atoms with Crippen molar-refractivity contribution in [3.8, 4) is 0 Å². The molecule has 1 aromatic rings. The second kappa shape index (κ2) is 7.06. The fourth-order valence-electron chi connectivity index (χ4n) is 2.31. The lowest BCUT2D eigenvalue weighted by Gasteiger charge is -2.34. The van der Waals surface area contributed by atoms with E-state index in [9.17, 15) is 9.90 Å². The number of thiazole rings is 1. The van der Waals surface area contributed by atoms with Crippen LogP contribution in [-0.2, 0) is 4.74 Å². The van der Waals surface area contributed by atoms with Crippen LogP contribution in [0.3, 0.4) is 0 Å². The molecule has 1 aliphatic heterocycles. The largest absolute Gasteiger partial charge is 0.394 e. The van der Waals surface area contributed by atoms with Crippen LogP contribution in [0.5, 0.6) is 0 Å². The maximum atomic E-state index is 12.6. The predicted molar refractivity (Wildman–Crippen MR) is 82.8 cm³/mol. The predicted octanol–water partition coefficient (Wildman–Crippen LogP) is 0.405. The van der Waals surface area contributed by atoms with Crippen molar-refractivity contribution in [3.05, 3.63) is 4.88 Å². The van der Waals surface area contributed by atoms with Crippen LogP contribution in [-0.4, -0.2) is 66.4 Å². The molecular weight excluding hydrogens is 292 g/mol. The first-order chi connectivity index (χ1) is 10.1. The Bertz CT molecular complexity index is 490. The summed E-state index contributed by atoms with van der Waals surface area (Å²) >= 11 is 1.31. The van der Waals surface area contributed by atoms with Gasteiger partial charge in [0.15, 0.2) is 5.13 Å². The van der Waals surface area contributed by atoms with E-state index in [0.717, 1.165) is 18.2 Å². The molecule has 1 saturated heterocycles. The Hall–Kier alpha value is -1.38. The molecule has 1 unspecified atom stereocenters. The van der Waals surface area contributed by atoms with Gasteiger partial charge >= 0.3 is 0 Å². The van der Waals surface area contributed by atoms with Gasteiger partial charge in [-0.2, -0.15) is 0 Å². The number of carbonyl (C=O) groups excluding carboxylic acids is 1. The van der Waals surface area contributed by atoms with Gasteiger partial charge in [-0.25, -0.2) is 4.98 Å². The molecule has 1 aliphatic rings. The van der Waals surface area contributed by atoms with Gasteiger partial charge in [0.2, 0.25) is 0 Å². The van der Waals surface area contributed by atoms with Crippen LogP contribution in [0, 0.1) is 0 Å². The Kier molecular flexibility index (Phi) is 5.38. The number of amides is 1. The van der Waals surface area contributed by atoms with Gasteiger partial charge in [0.05, 0.1) is 25.9 Å². The van der Waals surface area contributed by atoms with E-state index < -0.39 is 0 Å². The smallest absolute Gasteiger partial charge is 0.268 e. The summed E-state index contributed by atoms with van der Waals surface area (Å²) in [6.07, 6.45) is 0. The lowest BCUT2D eigenvalue weighted by molar-refractivity contribution is -0.0181. The Balaban J connectivity index is 2.22. The number of aliphatic hydroxyl groups is 1. The number of nitrogen functional groups attached to an aromatic ring is 1. The van der Waals surface area contributed by atoms with Crippen molar-refractivity contribution in [1.29, 1.82) is 0 Å². The number of carbonyl (C=O) groups is 1. The van der Waals surface area contributed by atoms with Crippen molar-refractivity contribution in [2.75, 3.05) is 50.1 Å². The fraction of sp³-hybridized carbons (Fsp3) is 0.692. The van der Waals surface area contributed by atoms with Gasteiger partial charge in [-0.05, 0) is 13.8 Å². The maximum Gasteiger partial charge on any atom is 0.268 e. The summed E-state index contributed by atoms with van der Waals surface area (Å²) in [4.78, 5) is 21.1. The highest BCUT2D eigenvalue weighted by molar-refractivity contribution is 7.18. The van der Waals surface area contributed by atoms with Crippen LogP contribution < -0.4 is 10.6 Å². The number of nitrogens with two attached hydrogens (primary N) is 1. The number of aliphatic hydroxyl groups excluding tert-OH is 1. The van der Waals surface area contributed by atoms with E-state index in [1.165, 1.54) is 11.3 Å². The molecule has 0 aliphatic carbocycles. The summed E-state index contributed by atoms with van der Waals surface area (Å²) in [5.74, 6) is 0.0841. The van der Waals surface area contributed by atoms with E-state index in [1.807, 2.05) is 13.8 Å². The van der Waals surface area contributed by atoms with Crippen LogP contribution in [0.1, 0.15) is 23.5 Å². The zero-order chi connectivity index (χ0) is 15.4.